The number of rotatable bonds is 36. The second-order valence-electron chi connectivity index (χ2n) is 15.8. The molecule has 0 saturated carbocycles. The van der Waals surface area contributed by atoms with Crippen LogP contribution in [0.2, 0.25) is 0 Å². The van der Waals surface area contributed by atoms with Gasteiger partial charge in [-0.15, -0.1) is 0 Å². The van der Waals surface area contributed by atoms with Crippen molar-refractivity contribution in [3.05, 3.63) is 48.6 Å². The molecule has 0 radical (unpaired) electrons. The van der Waals surface area contributed by atoms with Crippen LogP contribution in [-0.2, 0) is 14.3 Å². The molecule has 9 atom stereocenters. The van der Waals surface area contributed by atoms with Gasteiger partial charge in [0.2, 0.25) is 5.91 Å². The van der Waals surface area contributed by atoms with E-state index in [0.717, 1.165) is 57.8 Å². The van der Waals surface area contributed by atoms with Crippen LogP contribution in [-0.4, -0.2) is 110 Å². The molecule has 57 heavy (non-hydrogen) atoms. The Balaban J connectivity index is 2.39. The third kappa shape index (κ3) is 26.0. The topological polar surface area (TPSA) is 189 Å². The summed E-state index contributed by atoms with van der Waals surface area (Å²) < 4.78 is 11.0. The Labute approximate surface area is 345 Å². The molecule has 1 rings (SSSR count). The lowest BCUT2D eigenvalue weighted by molar-refractivity contribution is -0.303. The van der Waals surface area contributed by atoms with Crippen molar-refractivity contribution in [2.75, 3.05) is 13.2 Å². The molecule has 11 heteroatoms. The number of carbonyl (C=O) groups is 1. The molecule has 1 aliphatic heterocycles. The van der Waals surface area contributed by atoms with Gasteiger partial charge in [0.1, 0.15) is 36.6 Å². The van der Waals surface area contributed by atoms with E-state index in [9.17, 15) is 40.5 Å². The number of aliphatic hydroxyl groups excluding tert-OH is 7. The monoisotopic (exact) mass is 810 g/mol. The highest BCUT2D eigenvalue weighted by Crippen LogP contribution is 2.23. The number of allylic oxidation sites excluding steroid dienone is 8. The van der Waals surface area contributed by atoms with E-state index in [1.807, 2.05) is 19.1 Å². The van der Waals surface area contributed by atoms with Crippen LogP contribution in [0.5, 0.6) is 0 Å². The fraction of sp³-hybridized carbons (Fsp3) is 0.804. The second-order valence-corrected chi connectivity index (χ2v) is 15.8. The first kappa shape index (κ1) is 53.1. The summed E-state index contributed by atoms with van der Waals surface area (Å²) in [5, 5.41) is 75.2. The minimum Gasteiger partial charge on any atom is -0.394 e. The molecule has 9 unspecified atom stereocenters. The number of unbranched alkanes of at least 4 members (excludes halogenated alkanes) is 17. The molecular formula is C46H83NO10. The zero-order valence-corrected chi connectivity index (χ0v) is 35.6. The van der Waals surface area contributed by atoms with Gasteiger partial charge < -0.3 is 50.5 Å². The Morgan fingerprint density at radius 3 is 1.77 bits per heavy atom. The largest absolute Gasteiger partial charge is 0.394 e. The molecule has 1 saturated heterocycles. The van der Waals surface area contributed by atoms with E-state index in [2.05, 4.69) is 48.7 Å². The van der Waals surface area contributed by atoms with Gasteiger partial charge in [-0.1, -0.05) is 139 Å². The number of hydrogen-bond donors (Lipinski definition) is 8. The van der Waals surface area contributed by atoms with Crippen LogP contribution in [0.4, 0.5) is 0 Å². The van der Waals surface area contributed by atoms with E-state index >= 15 is 0 Å². The highest BCUT2D eigenvalue weighted by atomic mass is 16.7. The number of nitrogens with one attached hydrogen (secondary N) is 1. The van der Waals surface area contributed by atoms with Gasteiger partial charge >= 0.3 is 0 Å². The van der Waals surface area contributed by atoms with Crippen molar-refractivity contribution >= 4 is 5.91 Å². The first-order valence-electron chi connectivity index (χ1n) is 22.5. The van der Waals surface area contributed by atoms with Crippen LogP contribution >= 0.6 is 0 Å². The minimum atomic E-state index is -1.67. The van der Waals surface area contributed by atoms with Crippen LogP contribution in [0.25, 0.3) is 0 Å². The predicted octanol–water partition coefficient (Wildman–Crippen LogP) is 7.00. The maximum absolute atomic E-state index is 13.0. The molecule has 1 aliphatic rings. The second kappa shape index (κ2) is 36.0. The third-order valence-corrected chi connectivity index (χ3v) is 10.7. The summed E-state index contributed by atoms with van der Waals surface area (Å²) in [4.78, 5) is 13.0. The quantitative estimate of drug-likeness (QED) is 0.0242. The zero-order chi connectivity index (χ0) is 41.9. The fourth-order valence-corrected chi connectivity index (χ4v) is 6.90. The Kier molecular flexibility index (Phi) is 33.5. The van der Waals surface area contributed by atoms with E-state index in [1.165, 1.54) is 64.2 Å². The summed E-state index contributed by atoms with van der Waals surface area (Å²) in [7, 11) is 0. The summed E-state index contributed by atoms with van der Waals surface area (Å²) in [6, 6.07) is -1.19. The van der Waals surface area contributed by atoms with Crippen LogP contribution in [0.15, 0.2) is 48.6 Å². The van der Waals surface area contributed by atoms with Gasteiger partial charge in [0, 0.05) is 0 Å². The Morgan fingerprint density at radius 1 is 0.649 bits per heavy atom. The van der Waals surface area contributed by atoms with Crippen LogP contribution < -0.4 is 5.32 Å². The highest BCUT2D eigenvalue weighted by molar-refractivity contribution is 5.80. The molecule has 1 fully saturated rings. The van der Waals surface area contributed by atoms with Crippen molar-refractivity contribution in [2.45, 2.75) is 223 Å². The SMILES string of the molecule is C/C=C/CC/C=C/CCCC(O)C(O)C(COC1OC(CO)C(O)C(O)C1O)NC(=O)C(O)CCCCCCCC/C=C\C/C=C\CCCCCCCCCCC. The van der Waals surface area contributed by atoms with Crippen LogP contribution in [0.3, 0.4) is 0 Å². The van der Waals surface area contributed by atoms with Crippen molar-refractivity contribution in [3.8, 4) is 0 Å². The first-order chi connectivity index (χ1) is 27.7. The zero-order valence-electron chi connectivity index (χ0n) is 35.6. The lowest BCUT2D eigenvalue weighted by Crippen LogP contribution is -2.60. The lowest BCUT2D eigenvalue weighted by atomic mass is 9.98. The number of hydrogen-bond acceptors (Lipinski definition) is 10. The van der Waals surface area contributed by atoms with E-state index in [-0.39, 0.29) is 12.8 Å². The van der Waals surface area contributed by atoms with Gasteiger partial charge in [-0.2, -0.15) is 0 Å². The third-order valence-electron chi connectivity index (χ3n) is 10.7. The van der Waals surface area contributed by atoms with Crippen molar-refractivity contribution < 1.29 is 50.0 Å². The lowest BCUT2D eigenvalue weighted by Gasteiger charge is -2.40. The Bertz CT molecular complexity index is 1070. The maximum Gasteiger partial charge on any atom is 0.249 e. The molecule has 0 aromatic carbocycles. The number of amides is 1. The maximum atomic E-state index is 13.0. The highest BCUT2D eigenvalue weighted by Gasteiger charge is 2.44. The van der Waals surface area contributed by atoms with E-state index in [1.54, 1.807) is 0 Å². The average Bonchev–Trinajstić information content (AvgIpc) is 3.21. The standard InChI is InChI=1S/C46H83NO10/c1-3-5-7-9-11-13-14-15-16-17-18-19-20-21-22-23-24-25-26-28-30-32-34-39(50)45(55)47-37(36-56-46-44(54)43(53)42(52)40(35-48)57-46)41(51)38(49)33-31-29-27-12-10-8-6-4-2/h4,6,12,18-19,21-22,27,37-44,46,48-54H,3,5,7-11,13-17,20,23-26,28-36H2,1-2H3,(H,47,55)/b6-4+,19-18-,22-21-,27-12+. The van der Waals surface area contributed by atoms with E-state index in [4.69, 9.17) is 9.47 Å². The Hall–Kier alpha value is -1.93. The molecule has 0 aliphatic carbocycles. The number of ether oxygens (including phenoxy) is 2. The molecule has 11 nitrogen and oxygen atoms in total. The van der Waals surface area contributed by atoms with Crippen molar-refractivity contribution in [3.63, 3.8) is 0 Å². The van der Waals surface area contributed by atoms with Gasteiger partial charge in [0.25, 0.3) is 0 Å². The van der Waals surface area contributed by atoms with Crippen molar-refractivity contribution in [1.29, 1.82) is 0 Å². The summed E-state index contributed by atoms with van der Waals surface area (Å²) in [6.07, 6.45) is 30.7. The Morgan fingerprint density at radius 2 is 1.18 bits per heavy atom. The minimum absolute atomic E-state index is 0.237. The van der Waals surface area contributed by atoms with Gasteiger partial charge in [0.05, 0.1) is 25.4 Å². The van der Waals surface area contributed by atoms with Crippen molar-refractivity contribution in [1.82, 2.24) is 5.32 Å². The van der Waals surface area contributed by atoms with Crippen molar-refractivity contribution in [2.24, 2.45) is 0 Å². The summed E-state index contributed by atoms with van der Waals surface area (Å²) in [5.41, 5.74) is 0. The van der Waals surface area contributed by atoms with Gasteiger partial charge in [-0.3, -0.25) is 4.79 Å². The van der Waals surface area contributed by atoms with E-state index < -0.39 is 74.2 Å². The molecule has 1 heterocycles. The molecule has 0 aromatic rings. The van der Waals surface area contributed by atoms with Crippen LogP contribution in [0.1, 0.15) is 168 Å². The summed E-state index contributed by atoms with van der Waals surface area (Å²) >= 11 is 0. The van der Waals surface area contributed by atoms with Gasteiger partial charge in [0.15, 0.2) is 6.29 Å². The average molecular weight is 810 g/mol. The fourth-order valence-electron chi connectivity index (χ4n) is 6.90. The smallest absolute Gasteiger partial charge is 0.249 e. The molecule has 1 amide bonds. The van der Waals surface area contributed by atoms with E-state index in [0.29, 0.717) is 19.3 Å². The normalized spacial score (nSPS) is 22.6. The summed E-state index contributed by atoms with van der Waals surface area (Å²) in [5.74, 6) is -0.724. The molecule has 0 aromatic heterocycles. The van der Waals surface area contributed by atoms with Gasteiger partial charge in [-0.25, -0.2) is 0 Å². The van der Waals surface area contributed by atoms with Gasteiger partial charge in [-0.05, 0) is 77.6 Å². The predicted molar refractivity (Wildman–Crippen MR) is 228 cm³/mol. The molecule has 0 bridgehead atoms. The molecular weight excluding hydrogens is 727 g/mol. The first-order valence-corrected chi connectivity index (χ1v) is 22.5. The van der Waals surface area contributed by atoms with Crippen LogP contribution in [0, 0.1) is 0 Å². The summed E-state index contributed by atoms with van der Waals surface area (Å²) in [6.45, 7) is 3.15. The number of aliphatic hydroxyl groups is 7. The number of carbonyl (C=O) groups excluding carboxylic acids is 1. The molecule has 0 spiro atoms. The molecule has 332 valence electrons. The molecule has 8 N–H and O–H groups in total.